The molecular formula is C9H10F2N2OS. The number of amidine groups is 1. The van der Waals surface area contributed by atoms with Gasteiger partial charge in [-0.25, -0.2) is 0 Å². The summed E-state index contributed by atoms with van der Waals surface area (Å²) in [6.45, 7) is -2.84. The number of alkyl halides is 2. The third kappa shape index (κ3) is 3.75. The van der Waals surface area contributed by atoms with Crippen LogP contribution in [0.3, 0.4) is 0 Å². The largest absolute Gasteiger partial charge is 0.434 e. The first kappa shape index (κ1) is 11.8. The van der Waals surface area contributed by atoms with E-state index in [1.807, 2.05) is 0 Å². The number of rotatable bonds is 3. The van der Waals surface area contributed by atoms with Crippen molar-refractivity contribution in [1.82, 2.24) is 0 Å². The summed E-state index contributed by atoms with van der Waals surface area (Å²) >= 11 is 1.08. The van der Waals surface area contributed by atoms with Crippen LogP contribution in [0.1, 0.15) is 0 Å². The van der Waals surface area contributed by atoms with Gasteiger partial charge in [-0.05, 0) is 23.9 Å². The summed E-state index contributed by atoms with van der Waals surface area (Å²) in [5, 5.41) is 0.292. The molecule has 0 aliphatic rings. The van der Waals surface area contributed by atoms with Crippen molar-refractivity contribution in [2.24, 2.45) is 10.7 Å². The molecule has 0 fully saturated rings. The highest BCUT2D eigenvalue weighted by molar-refractivity contribution is 8.13. The summed E-state index contributed by atoms with van der Waals surface area (Å²) in [5.41, 5.74) is 5.47. The fourth-order valence-corrected chi connectivity index (χ4v) is 1.57. The molecule has 1 aromatic rings. The Labute approximate surface area is 90.3 Å². The van der Waals surface area contributed by atoms with Crippen LogP contribution in [0.4, 0.5) is 8.78 Å². The Bertz CT molecular complexity index is 358. The molecule has 0 spiro atoms. The predicted molar refractivity (Wildman–Crippen MR) is 56.5 cm³/mol. The van der Waals surface area contributed by atoms with Crippen molar-refractivity contribution in [1.29, 1.82) is 0 Å². The molecule has 0 saturated heterocycles. The van der Waals surface area contributed by atoms with E-state index < -0.39 is 6.61 Å². The van der Waals surface area contributed by atoms with Crippen LogP contribution in [-0.4, -0.2) is 18.8 Å². The lowest BCUT2D eigenvalue weighted by molar-refractivity contribution is -0.0516. The number of para-hydroxylation sites is 1. The molecule has 0 atom stereocenters. The summed E-state index contributed by atoms with van der Waals surface area (Å²) in [4.78, 5) is 4.23. The third-order valence-corrected chi connectivity index (χ3v) is 2.45. The number of benzene rings is 1. The molecular weight excluding hydrogens is 222 g/mol. The van der Waals surface area contributed by atoms with E-state index in [2.05, 4.69) is 9.73 Å². The van der Waals surface area contributed by atoms with Gasteiger partial charge in [0.05, 0.1) is 4.90 Å². The molecule has 0 saturated carbocycles. The Morgan fingerprint density at radius 2 is 2.13 bits per heavy atom. The molecule has 1 rings (SSSR count). The molecule has 0 aliphatic carbocycles. The maximum atomic E-state index is 12.0. The lowest BCUT2D eigenvalue weighted by Crippen LogP contribution is -2.07. The molecule has 0 radical (unpaired) electrons. The van der Waals surface area contributed by atoms with Crippen molar-refractivity contribution in [2.45, 2.75) is 11.5 Å². The second kappa shape index (κ2) is 5.55. The van der Waals surface area contributed by atoms with Crippen molar-refractivity contribution >= 4 is 16.9 Å². The number of halogens is 2. The van der Waals surface area contributed by atoms with Crippen LogP contribution in [-0.2, 0) is 0 Å². The van der Waals surface area contributed by atoms with Gasteiger partial charge in [0.1, 0.15) is 5.75 Å². The topological polar surface area (TPSA) is 47.6 Å². The molecule has 0 aliphatic heterocycles. The molecule has 2 N–H and O–H groups in total. The molecule has 0 amide bonds. The molecule has 0 unspecified atom stereocenters. The van der Waals surface area contributed by atoms with Crippen molar-refractivity contribution in [3.8, 4) is 5.75 Å². The first-order chi connectivity index (χ1) is 7.13. The van der Waals surface area contributed by atoms with Gasteiger partial charge in [0.2, 0.25) is 0 Å². The Kier molecular flexibility index (Phi) is 4.36. The zero-order valence-electron chi connectivity index (χ0n) is 7.98. The first-order valence-corrected chi connectivity index (χ1v) is 4.89. The molecule has 3 nitrogen and oxygen atoms in total. The highest BCUT2D eigenvalue weighted by Crippen LogP contribution is 2.29. The van der Waals surface area contributed by atoms with E-state index in [4.69, 9.17) is 5.73 Å². The van der Waals surface area contributed by atoms with E-state index in [9.17, 15) is 8.78 Å². The minimum atomic E-state index is -2.84. The van der Waals surface area contributed by atoms with Crippen molar-refractivity contribution in [3.63, 3.8) is 0 Å². The molecule has 82 valence electrons. The summed E-state index contributed by atoms with van der Waals surface area (Å²) in [6, 6.07) is 6.42. The first-order valence-electron chi connectivity index (χ1n) is 4.07. The number of ether oxygens (including phenoxy) is 1. The van der Waals surface area contributed by atoms with E-state index in [1.54, 1.807) is 18.2 Å². The highest BCUT2D eigenvalue weighted by atomic mass is 32.2. The fourth-order valence-electron chi connectivity index (χ4n) is 0.886. The van der Waals surface area contributed by atoms with E-state index in [-0.39, 0.29) is 5.75 Å². The normalized spacial score (nSPS) is 11.9. The van der Waals surface area contributed by atoms with Gasteiger partial charge >= 0.3 is 6.61 Å². The number of thioether (sulfide) groups is 1. The van der Waals surface area contributed by atoms with Gasteiger partial charge in [-0.1, -0.05) is 12.1 Å². The molecule has 0 heterocycles. The van der Waals surface area contributed by atoms with Crippen LogP contribution in [0.2, 0.25) is 0 Å². The second-order valence-electron chi connectivity index (χ2n) is 2.49. The van der Waals surface area contributed by atoms with Crippen molar-refractivity contribution in [2.75, 3.05) is 7.05 Å². The van der Waals surface area contributed by atoms with Gasteiger partial charge in [0.15, 0.2) is 5.17 Å². The monoisotopic (exact) mass is 232 g/mol. The van der Waals surface area contributed by atoms with Crippen LogP contribution in [0, 0.1) is 0 Å². The second-order valence-corrected chi connectivity index (χ2v) is 3.55. The van der Waals surface area contributed by atoms with E-state index in [1.165, 1.54) is 13.1 Å². The van der Waals surface area contributed by atoms with E-state index >= 15 is 0 Å². The quantitative estimate of drug-likeness (QED) is 0.494. The minimum Gasteiger partial charge on any atom is -0.434 e. The number of hydrogen-bond donors (Lipinski definition) is 1. The van der Waals surface area contributed by atoms with Gasteiger partial charge in [-0.15, -0.1) is 0 Å². The van der Waals surface area contributed by atoms with E-state index in [0.717, 1.165) is 11.8 Å². The number of nitrogens with two attached hydrogens (primary N) is 1. The summed E-state index contributed by atoms with van der Waals surface area (Å²) in [5.74, 6) is 0.101. The molecule has 0 aromatic heterocycles. The molecule has 0 bridgehead atoms. The summed E-state index contributed by atoms with van der Waals surface area (Å²) in [7, 11) is 1.53. The van der Waals surface area contributed by atoms with Crippen LogP contribution < -0.4 is 10.5 Å². The van der Waals surface area contributed by atoms with Gasteiger partial charge < -0.3 is 10.5 Å². The summed E-state index contributed by atoms with van der Waals surface area (Å²) < 4.78 is 28.4. The molecule has 6 heteroatoms. The minimum absolute atomic E-state index is 0.101. The lowest BCUT2D eigenvalue weighted by Gasteiger charge is -2.08. The lowest BCUT2D eigenvalue weighted by atomic mass is 10.3. The fraction of sp³-hybridized carbons (Fsp3) is 0.222. The standard InChI is InChI=1S/C9H10F2N2OS/c1-13-9(12)15-7-5-3-2-4-6(7)14-8(10)11/h2-5,8H,1H3,(H2,12,13). The Morgan fingerprint density at radius 1 is 1.47 bits per heavy atom. The third-order valence-electron chi connectivity index (χ3n) is 1.50. The van der Waals surface area contributed by atoms with Gasteiger partial charge in [-0.3, -0.25) is 4.99 Å². The zero-order chi connectivity index (χ0) is 11.3. The van der Waals surface area contributed by atoms with Crippen LogP contribution in [0.15, 0.2) is 34.2 Å². The number of hydrogen-bond acceptors (Lipinski definition) is 3. The molecule has 15 heavy (non-hydrogen) atoms. The van der Waals surface area contributed by atoms with Crippen molar-refractivity contribution < 1.29 is 13.5 Å². The van der Waals surface area contributed by atoms with Crippen LogP contribution >= 0.6 is 11.8 Å². The average molecular weight is 232 g/mol. The van der Waals surface area contributed by atoms with E-state index in [0.29, 0.717) is 10.1 Å². The Hall–Kier alpha value is -1.30. The van der Waals surface area contributed by atoms with Gasteiger partial charge in [0, 0.05) is 7.05 Å². The maximum Gasteiger partial charge on any atom is 0.387 e. The van der Waals surface area contributed by atoms with Crippen molar-refractivity contribution in [3.05, 3.63) is 24.3 Å². The summed E-state index contributed by atoms with van der Waals surface area (Å²) in [6.07, 6.45) is 0. The number of aliphatic imine (C=N–C) groups is 1. The van der Waals surface area contributed by atoms with Gasteiger partial charge in [-0.2, -0.15) is 8.78 Å². The Morgan fingerprint density at radius 3 is 2.73 bits per heavy atom. The van der Waals surface area contributed by atoms with Crippen LogP contribution in [0.5, 0.6) is 5.75 Å². The molecule has 1 aromatic carbocycles. The highest BCUT2D eigenvalue weighted by Gasteiger charge is 2.10. The average Bonchev–Trinajstić information content (AvgIpc) is 2.20. The predicted octanol–water partition coefficient (Wildman–Crippen LogP) is 2.32. The maximum absolute atomic E-state index is 12.0. The van der Waals surface area contributed by atoms with Gasteiger partial charge in [0.25, 0.3) is 0 Å². The smallest absolute Gasteiger partial charge is 0.387 e. The zero-order valence-corrected chi connectivity index (χ0v) is 8.80. The Balaban J connectivity index is 2.86. The number of nitrogens with zero attached hydrogens (tertiary/aromatic N) is 1. The SMILES string of the molecule is CN=C(N)Sc1ccccc1OC(F)F. The van der Waals surface area contributed by atoms with Crippen LogP contribution in [0.25, 0.3) is 0 Å².